The summed E-state index contributed by atoms with van der Waals surface area (Å²) >= 11 is 0. The van der Waals surface area contributed by atoms with Crippen molar-refractivity contribution in [2.75, 3.05) is 0 Å². The van der Waals surface area contributed by atoms with Crippen molar-refractivity contribution in [3.8, 4) is 44.5 Å². The molecule has 1 atom stereocenters. The molecule has 1 heteroatoms. The Bertz CT molecular complexity index is 2910. The molecule has 0 saturated heterocycles. The first-order valence-corrected chi connectivity index (χ1v) is 18.6. The van der Waals surface area contributed by atoms with Crippen LogP contribution < -0.4 is 0 Å². The number of para-hydroxylation sites is 2. The first kappa shape index (κ1) is 31.7. The molecule has 1 unspecified atom stereocenters. The minimum atomic E-state index is 0.0195. The van der Waals surface area contributed by atoms with Crippen LogP contribution in [0.4, 0.5) is 0 Å². The maximum absolute atomic E-state index is 6.49. The van der Waals surface area contributed by atoms with Gasteiger partial charge in [-0.15, -0.1) is 0 Å². The molecule has 10 aromatic rings. The lowest BCUT2D eigenvalue weighted by Gasteiger charge is -2.21. The van der Waals surface area contributed by atoms with E-state index in [1.54, 1.807) is 0 Å². The fourth-order valence-corrected chi connectivity index (χ4v) is 8.15. The first-order valence-electron chi connectivity index (χ1n) is 18.6. The zero-order chi connectivity index (χ0) is 35.8. The van der Waals surface area contributed by atoms with E-state index in [1.165, 1.54) is 60.8 Å². The van der Waals surface area contributed by atoms with Crippen molar-refractivity contribution in [2.45, 2.75) is 5.92 Å². The van der Waals surface area contributed by atoms with Gasteiger partial charge in [-0.05, 0) is 78.5 Å². The van der Waals surface area contributed by atoms with Crippen molar-refractivity contribution < 1.29 is 4.42 Å². The maximum atomic E-state index is 6.49. The molecule has 10 rings (SSSR count). The van der Waals surface area contributed by atoms with Gasteiger partial charge in [-0.1, -0.05) is 200 Å². The van der Waals surface area contributed by atoms with Crippen molar-refractivity contribution in [3.63, 3.8) is 0 Å². The second kappa shape index (κ2) is 13.5. The quantitative estimate of drug-likeness (QED) is 0.152. The van der Waals surface area contributed by atoms with Crippen molar-refractivity contribution in [3.05, 3.63) is 229 Å². The minimum Gasteiger partial charge on any atom is -0.455 e. The summed E-state index contributed by atoms with van der Waals surface area (Å²) in [6.07, 6.45) is 0. The highest BCUT2D eigenvalue weighted by Crippen LogP contribution is 2.40. The molecule has 0 amide bonds. The van der Waals surface area contributed by atoms with Gasteiger partial charge in [0.15, 0.2) is 0 Å². The Morgan fingerprint density at radius 1 is 0.296 bits per heavy atom. The van der Waals surface area contributed by atoms with Gasteiger partial charge in [-0.2, -0.15) is 0 Å². The molecule has 0 fully saturated rings. The second-order valence-electron chi connectivity index (χ2n) is 14.1. The molecular weight excluding hydrogens is 653 g/mol. The van der Waals surface area contributed by atoms with E-state index >= 15 is 0 Å². The van der Waals surface area contributed by atoms with Crippen LogP contribution in [0, 0.1) is 0 Å². The zero-order valence-electron chi connectivity index (χ0n) is 29.7. The largest absolute Gasteiger partial charge is 0.455 e. The normalized spacial score (nSPS) is 12.0. The molecule has 0 radical (unpaired) electrons. The topological polar surface area (TPSA) is 13.1 Å². The minimum absolute atomic E-state index is 0.0195. The van der Waals surface area contributed by atoms with E-state index in [-0.39, 0.29) is 5.92 Å². The van der Waals surface area contributed by atoms with Gasteiger partial charge in [0.25, 0.3) is 0 Å². The van der Waals surface area contributed by atoms with Gasteiger partial charge in [0.2, 0.25) is 0 Å². The van der Waals surface area contributed by atoms with Gasteiger partial charge in [0.05, 0.1) is 0 Å². The fourth-order valence-electron chi connectivity index (χ4n) is 8.15. The predicted molar refractivity (Wildman–Crippen MR) is 227 cm³/mol. The molecule has 0 aliphatic carbocycles. The van der Waals surface area contributed by atoms with Crippen molar-refractivity contribution >= 4 is 32.7 Å². The molecule has 0 N–H and O–H groups in total. The number of rotatable bonds is 7. The van der Waals surface area contributed by atoms with E-state index in [4.69, 9.17) is 4.42 Å². The summed E-state index contributed by atoms with van der Waals surface area (Å²) in [5.74, 6) is 0.0195. The predicted octanol–water partition coefficient (Wildman–Crippen LogP) is 14.6. The van der Waals surface area contributed by atoms with Crippen molar-refractivity contribution in [2.24, 2.45) is 0 Å². The van der Waals surface area contributed by atoms with Crippen LogP contribution in [0.5, 0.6) is 0 Å². The fraction of sp³-hybridized carbons (Fsp3) is 0.0189. The Kier molecular flexibility index (Phi) is 7.96. The van der Waals surface area contributed by atoms with Gasteiger partial charge in [-0.3, -0.25) is 0 Å². The smallest absolute Gasteiger partial charge is 0.143 e. The van der Waals surface area contributed by atoms with Crippen LogP contribution in [0.3, 0.4) is 0 Å². The summed E-state index contributed by atoms with van der Waals surface area (Å²) < 4.78 is 6.49. The summed E-state index contributed by atoms with van der Waals surface area (Å²) in [4.78, 5) is 0. The van der Waals surface area contributed by atoms with Crippen LogP contribution in [0.15, 0.2) is 217 Å². The third-order valence-electron chi connectivity index (χ3n) is 10.8. The van der Waals surface area contributed by atoms with Crippen LogP contribution in [0.2, 0.25) is 0 Å². The molecule has 0 aliphatic rings. The molecule has 1 aromatic heterocycles. The highest BCUT2D eigenvalue weighted by atomic mass is 16.3. The number of fused-ring (bicyclic) bond motifs is 4. The average Bonchev–Trinajstić information content (AvgIpc) is 3.64. The zero-order valence-corrected chi connectivity index (χ0v) is 29.7. The Morgan fingerprint density at radius 3 is 1.63 bits per heavy atom. The second-order valence-corrected chi connectivity index (χ2v) is 14.1. The third-order valence-corrected chi connectivity index (χ3v) is 10.8. The average molecular weight is 689 g/mol. The summed E-state index contributed by atoms with van der Waals surface area (Å²) in [6, 6.07) is 76.7. The van der Waals surface area contributed by atoms with Gasteiger partial charge < -0.3 is 4.42 Å². The van der Waals surface area contributed by atoms with Crippen LogP contribution in [-0.2, 0) is 0 Å². The molecular formula is C53H36O. The van der Waals surface area contributed by atoms with Crippen molar-refractivity contribution in [1.82, 2.24) is 0 Å². The Balaban J connectivity index is 1.07. The van der Waals surface area contributed by atoms with E-state index in [0.717, 1.165) is 33.1 Å². The van der Waals surface area contributed by atoms with E-state index in [9.17, 15) is 0 Å². The van der Waals surface area contributed by atoms with E-state index in [1.807, 2.05) is 6.07 Å². The SMILES string of the molecule is c1ccc(-c2cccc(-c3ccc(C(c4ccc(-c5cccc6ccccc56)cc4)c4cccc(-c5cccc6c5oc5ccccc56)c4)cc3)c2)cc1. The lowest BCUT2D eigenvalue weighted by Crippen LogP contribution is -2.04. The number of benzene rings is 9. The van der Waals surface area contributed by atoms with Gasteiger partial charge in [-0.25, -0.2) is 0 Å². The standard InChI is InChI=1S/C53H36O/c1-2-12-36(13-3-1)42-16-8-17-43(34-42)37-26-30-40(31-27-37)52(41-32-28-39(29-33-41)47-22-10-15-38-14-4-5-20-46(38)47)45-19-9-18-44(35-45)48-23-11-24-50-49-21-6-7-25-51(49)54-53(48)50/h1-35,52H. The first-order chi connectivity index (χ1) is 26.8. The summed E-state index contributed by atoms with van der Waals surface area (Å²) in [5, 5.41) is 4.80. The highest BCUT2D eigenvalue weighted by Gasteiger charge is 2.20. The maximum Gasteiger partial charge on any atom is 0.143 e. The summed E-state index contributed by atoms with van der Waals surface area (Å²) in [5.41, 5.74) is 15.1. The molecule has 0 saturated carbocycles. The molecule has 1 nitrogen and oxygen atoms in total. The molecule has 1 heterocycles. The van der Waals surface area contributed by atoms with E-state index in [2.05, 4.69) is 206 Å². The molecule has 54 heavy (non-hydrogen) atoms. The Hall–Kier alpha value is -6.96. The van der Waals surface area contributed by atoms with Crippen LogP contribution in [0.1, 0.15) is 22.6 Å². The highest BCUT2D eigenvalue weighted by molar-refractivity contribution is 6.09. The van der Waals surface area contributed by atoms with Gasteiger partial charge >= 0.3 is 0 Å². The molecule has 0 spiro atoms. The Labute approximate surface area is 315 Å². The summed E-state index contributed by atoms with van der Waals surface area (Å²) in [7, 11) is 0. The lowest BCUT2D eigenvalue weighted by atomic mass is 9.83. The number of hydrogen-bond donors (Lipinski definition) is 0. The van der Waals surface area contributed by atoms with Crippen LogP contribution in [-0.4, -0.2) is 0 Å². The van der Waals surface area contributed by atoms with Gasteiger partial charge in [0.1, 0.15) is 11.2 Å². The summed E-state index contributed by atoms with van der Waals surface area (Å²) in [6.45, 7) is 0. The molecule has 0 bridgehead atoms. The third kappa shape index (κ3) is 5.77. The van der Waals surface area contributed by atoms with E-state index in [0.29, 0.717) is 0 Å². The number of furan rings is 1. The Morgan fingerprint density at radius 2 is 0.833 bits per heavy atom. The van der Waals surface area contributed by atoms with Crippen LogP contribution in [0.25, 0.3) is 77.2 Å². The molecule has 0 aliphatic heterocycles. The monoisotopic (exact) mass is 688 g/mol. The van der Waals surface area contributed by atoms with Gasteiger partial charge in [0, 0.05) is 22.3 Å². The molecule has 9 aromatic carbocycles. The van der Waals surface area contributed by atoms with Crippen molar-refractivity contribution in [1.29, 1.82) is 0 Å². The lowest BCUT2D eigenvalue weighted by molar-refractivity contribution is 0.670. The van der Waals surface area contributed by atoms with Crippen LogP contribution >= 0.6 is 0 Å². The van der Waals surface area contributed by atoms with E-state index < -0.39 is 0 Å². The number of hydrogen-bond acceptors (Lipinski definition) is 1. The molecule has 254 valence electrons.